The number of methoxy groups -OCH3 is 1. The molecule has 1 N–H and O–H groups in total. The minimum atomic E-state index is -2.08. The average molecular weight is 1550 g/mol. The van der Waals surface area contributed by atoms with Crippen molar-refractivity contribution in [3.8, 4) is 0 Å². The Labute approximate surface area is 648 Å². The van der Waals surface area contributed by atoms with Crippen molar-refractivity contribution in [3.63, 3.8) is 0 Å². The zero-order valence-corrected chi connectivity index (χ0v) is 60.5. The van der Waals surface area contributed by atoms with Crippen molar-refractivity contribution >= 4 is 35.4 Å². The normalized spacial score (nSPS) is 28.9. The van der Waals surface area contributed by atoms with Gasteiger partial charge in [-0.25, -0.2) is 0 Å². The van der Waals surface area contributed by atoms with Gasteiger partial charge in [-0.05, 0) is 86.3 Å². The molecule has 114 heavy (non-hydrogen) atoms. The molecule has 20 atom stereocenters. The van der Waals surface area contributed by atoms with Gasteiger partial charge in [0, 0.05) is 31.7 Å². The van der Waals surface area contributed by atoms with Crippen molar-refractivity contribution in [2.75, 3.05) is 33.3 Å². The molecule has 4 fully saturated rings. The first-order valence-electron chi connectivity index (χ1n) is 36.2. The summed E-state index contributed by atoms with van der Waals surface area (Å²) in [6.45, 7) is -3.75. The Bertz CT molecular complexity index is 4840. The van der Waals surface area contributed by atoms with Crippen molar-refractivity contribution in [1.29, 1.82) is 0 Å². The van der Waals surface area contributed by atoms with Crippen LogP contribution in [0.15, 0.2) is 220 Å². The van der Waals surface area contributed by atoms with Crippen LogP contribution in [-0.2, 0) is 83.3 Å². The van der Waals surface area contributed by atoms with Gasteiger partial charge in [-0.2, -0.15) is 0 Å². The number of imide groups is 3. The van der Waals surface area contributed by atoms with Gasteiger partial charge in [-0.1, -0.05) is 183 Å². The van der Waals surface area contributed by atoms with Crippen LogP contribution in [0.5, 0.6) is 0 Å². The molecule has 7 aliphatic heterocycles. The molecule has 14 rings (SSSR count). The number of carbonyl (C=O) groups is 6. The molecule has 0 aromatic heterocycles. The molecule has 0 saturated carbocycles. The van der Waals surface area contributed by atoms with Crippen LogP contribution in [0.1, 0.15) is 84.4 Å². The summed E-state index contributed by atoms with van der Waals surface area (Å²) in [4.78, 5) is 106. The van der Waals surface area contributed by atoms with E-state index >= 15 is 0 Å². The maximum atomic E-state index is 14.9. The lowest BCUT2D eigenvalue weighted by atomic mass is 9.92. The number of carbonyl (C=O) groups excluding carboxylic acids is 6. The molecule has 0 aliphatic carbocycles. The maximum Gasteiger partial charge on any atom is 0.261 e. The number of nitrogens with zero attached hydrogens (tertiary/aromatic N) is 18. The number of amides is 6. The molecular weight excluding hydrogens is 1480 g/mol. The number of aliphatic hydroxyl groups excluding tert-OH is 1. The standard InChI is InChI=1S/C77H72N18O19/c1-103-74-57(85-90-80)65(105-39-43-22-8-3-9-23-43)61(52(108-74)34-83-88-78)112-76-58(86-91-81)66(106-40-44-24-10-4-11-25-44)63(55(110-76)37-95-72(101)50-32-18-19-33-51(50)73(95)102)114-77-59(87-92-82)67(107-41-45-26-12-5-13-27-45)62(54(111-77)36-94-70(99)48-30-16-17-31-49(48)71(94)100)113-75-56(84-89-79)64(104-38-42-20-6-2-7-21-42)60(96)53(109-75)35-93-68(97)46-28-14-15-29-47(46)69(93)98/h2-33,52-67,74-77,96H,34-41H2,1H3/t52-,53-,54-,55-,56-,57-,58-,59-,60-,61-,62-,63-,64-,65-,66-,67-,74+,75-,76-,77-/m1/s1. The summed E-state index contributed by atoms with van der Waals surface area (Å²) >= 11 is 0. The number of rotatable bonds is 31. The highest BCUT2D eigenvalue weighted by Crippen LogP contribution is 2.42. The van der Waals surface area contributed by atoms with Crippen LogP contribution in [-0.4, -0.2) is 211 Å². The van der Waals surface area contributed by atoms with Gasteiger partial charge in [0.1, 0.15) is 85.2 Å². The second-order valence-corrected chi connectivity index (χ2v) is 27.2. The highest BCUT2D eigenvalue weighted by Gasteiger charge is 2.59. The smallest absolute Gasteiger partial charge is 0.261 e. The topological polar surface area (TPSA) is 487 Å². The number of hydrogen-bond acceptors (Lipinski definition) is 24. The summed E-state index contributed by atoms with van der Waals surface area (Å²) in [7, 11) is 1.28. The number of azide groups is 5. The minimum Gasteiger partial charge on any atom is -0.388 e. The molecule has 6 amide bonds. The van der Waals surface area contributed by atoms with Crippen LogP contribution in [0, 0.1) is 0 Å². The zero-order chi connectivity index (χ0) is 79.4. The first kappa shape index (κ1) is 78.7. The lowest BCUT2D eigenvalue weighted by molar-refractivity contribution is -0.361. The Balaban J connectivity index is 0.908. The van der Waals surface area contributed by atoms with Gasteiger partial charge < -0.3 is 61.9 Å². The van der Waals surface area contributed by atoms with E-state index in [0.29, 0.717) is 22.3 Å². The second kappa shape index (κ2) is 36.2. The Kier molecular flexibility index (Phi) is 25.0. The number of fused-ring (bicyclic) bond motifs is 3. The second-order valence-electron chi connectivity index (χ2n) is 27.2. The summed E-state index contributed by atoms with van der Waals surface area (Å²) in [5.41, 5.74) is 54.9. The molecule has 4 saturated heterocycles. The van der Waals surface area contributed by atoms with E-state index in [0.717, 1.165) is 14.7 Å². The van der Waals surface area contributed by atoms with Crippen molar-refractivity contribution in [2.45, 2.75) is 149 Å². The van der Waals surface area contributed by atoms with Gasteiger partial charge in [0.15, 0.2) is 25.2 Å². The Morgan fingerprint density at radius 2 is 0.588 bits per heavy atom. The highest BCUT2D eigenvalue weighted by molar-refractivity contribution is 6.22. The van der Waals surface area contributed by atoms with Crippen molar-refractivity contribution in [3.05, 3.63) is 302 Å². The van der Waals surface area contributed by atoms with Crippen LogP contribution < -0.4 is 0 Å². The van der Waals surface area contributed by atoms with E-state index in [1.807, 2.05) is 0 Å². The van der Waals surface area contributed by atoms with Gasteiger partial charge in [0.25, 0.3) is 35.4 Å². The molecule has 584 valence electrons. The number of benzene rings is 7. The van der Waals surface area contributed by atoms with Crippen LogP contribution >= 0.6 is 0 Å². The number of aliphatic hydroxyl groups is 1. The van der Waals surface area contributed by atoms with Gasteiger partial charge >= 0.3 is 0 Å². The Morgan fingerprint density at radius 1 is 0.333 bits per heavy atom. The third kappa shape index (κ3) is 16.6. The molecular formula is C77H72N18O19. The number of hydrogen-bond donors (Lipinski definition) is 1. The van der Waals surface area contributed by atoms with Gasteiger partial charge in [-0.15, -0.1) is 0 Å². The lowest BCUT2D eigenvalue weighted by Crippen LogP contribution is -2.68. The summed E-state index contributed by atoms with van der Waals surface area (Å²) in [6.07, 6.45) is -27.5. The van der Waals surface area contributed by atoms with Crippen molar-refractivity contribution in [2.24, 2.45) is 25.6 Å². The van der Waals surface area contributed by atoms with Crippen LogP contribution in [0.25, 0.3) is 52.2 Å². The van der Waals surface area contributed by atoms with Gasteiger partial charge in [-0.3, -0.25) is 43.5 Å². The quantitative estimate of drug-likeness (QED) is 0.0183. The van der Waals surface area contributed by atoms with Gasteiger partial charge in [0.2, 0.25) is 0 Å². The molecule has 7 aromatic rings. The fourth-order valence-corrected chi connectivity index (χ4v) is 15.1. The van der Waals surface area contributed by atoms with Crippen LogP contribution in [0.4, 0.5) is 0 Å². The van der Waals surface area contributed by atoms with E-state index in [2.05, 4.69) is 50.1 Å². The fourth-order valence-electron chi connectivity index (χ4n) is 15.1. The highest BCUT2D eigenvalue weighted by atomic mass is 16.8. The van der Waals surface area contributed by atoms with E-state index in [1.54, 1.807) is 158 Å². The summed E-state index contributed by atoms with van der Waals surface area (Å²) < 4.78 is 81.6. The summed E-state index contributed by atoms with van der Waals surface area (Å²) in [5, 5.41) is 33.1. The molecule has 37 heteroatoms. The molecule has 7 aliphatic rings. The number of ether oxygens (including phenoxy) is 12. The molecule has 0 radical (unpaired) electrons. The average Bonchev–Trinajstić information content (AvgIpc) is 1.15. The minimum absolute atomic E-state index is 0.00507. The molecule has 0 spiro atoms. The molecule has 7 aromatic carbocycles. The Morgan fingerprint density at radius 3 is 0.886 bits per heavy atom. The monoisotopic (exact) mass is 1550 g/mol. The van der Waals surface area contributed by atoms with E-state index in [9.17, 15) is 61.5 Å². The molecule has 7 heterocycles. The largest absolute Gasteiger partial charge is 0.388 e. The third-order valence-electron chi connectivity index (χ3n) is 20.5. The third-order valence-corrected chi connectivity index (χ3v) is 20.5. The van der Waals surface area contributed by atoms with E-state index in [1.165, 1.54) is 43.5 Å². The lowest BCUT2D eigenvalue weighted by Gasteiger charge is -2.52. The maximum absolute atomic E-state index is 14.9. The zero-order valence-electron chi connectivity index (χ0n) is 60.5. The van der Waals surface area contributed by atoms with Crippen molar-refractivity contribution < 1.29 is 90.7 Å². The van der Waals surface area contributed by atoms with Gasteiger partial charge in [0.05, 0.1) is 98.2 Å². The van der Waals surface area contributed by atoms with Crippen LogP contribution in [0.2, 0.25) is 0 Å². The molecule has 0 unspecified atom stereocenters. The van der Waals surface area contributed by atoms with E-state index in [-0.39, 0.29) is 59.8 Å². The SMILES string of the molecule is CO[C@H]1O[C@H](CN=[N+]=[N-])[C@@H](O[C@H]2O[C@H](CN3C(=O)c4ccccc4C3=O)[C@@H](O[C@H]3O[C@H](CN4C(=O)c5ccccc5C4=O)[C@@H](O[C@H]4O[C@H](CN5C(=O)c6ccccc6C5=O)[C@@H](O)[C@H](OCc5ccccc5)[C@H]4N=[N+]=[N-])[C@H](OCc4ccccc4)[C@H]3N=[N+]=[N-])[C@H](OCc3ccccc3)[C@H]2N=[N+]=[N-])[C@H](OCc2ccccc2)[C@H]1N=[N+]=[N-]. The van der Waals surface area contributed by atoms with Crippen molar-refractivity contribution in [1.82, 2.24) is 14.7 Å². The molecule has 0 bridgehead atoms. The van der Waals surface area contributed by atoms with Crippen LogP contribution in [0.3, 0.4) is 0 Å². The predicted octanol–water partition coefficient (Wildman–Crippen LogP) is 10.3. The first-order valence-corrected chi connectivity index (χ1v) is 36.2. The molecule has 37 nitrogen and oxygen atoms in total. The summed E-state index contributed by atoms with van der Waals surface area (Å²) in [5.74, 6) is -4.68. The van der Waals surface area contributed by atoms with E-state index in [4.69, 9.17) is 56.8 Å². The first-order chi connectivity index (χ1) is 55.7. The fraction of sp³-hybridized carbons (Fsp3) is 0.377. The van der Waals surface area contributed by atoms with E-state index < -0.39 is 184 Å². The Hall–Kier alpha value is -12.0. The summed E-state index contributed by atoms with van der Waals surface area (Å²) in [6, 6.07) is 46.0. The predicted molar refractivity (Wildman–Crippen MR) is 394 cm³/mol.